The number of nitro groups is 1. The summed E-state index contributed by atoms with van der Waals surface area (Å²) in [6, 6.07) is 8.90. The first-order chi connectivity index (χ1) is 32.7. The van der Waals surface area contributed by atoms with Crippen molar-refractivity contribution < 1.29 is 24.1 Å². The minimum atomic E-state index is -0.543. The van der Waals surface area contributed by atoms with E-state index in [0.717, 1.165) is 113 Å². The number of carbonyl (C=O) groups excluding carboxylic acids is 4. The predicted molar refractivity (Wildman–Crippen MR) is 264 cm³/mol. The van der Waals surface area contributed by atoms with Gasteiger partial charge in [-0.05, 0) is 93.7 Å². The van der Waals surface area contributed by atoms with Gasteiger partial charge in [0.15, 0.2) is 10.9 Å². The molecule has 5 aromatic rings. The van der Waals surface area contributed by atoms with Gasteiger partial charge in [-0.15, -0.1) is 0 Å². The van der Waals surface area contributed by atoms with Gasteiger partial charge in [0.1, 0.15) is 17.2 Å². The van der Waals surface area contributed by atoms with Crippen LogP contribution < -0.4 is 37.0 Å². The van der Waals surface area contributed by atoms with E-state index in [1.165, 1.54) is 20.8 Å². The van der Waals surface area contributed by atoms with E-state index >= 15 is 0 Å². The first kappa shape index (κ1) is 49.0. The van der Waals surface area contributed by atoms with Crippen LogP contribution in [0.5, 0.6) is 0 Å². The van der Waals surface area contributed by atoms with Gasteiger partial charge in [-0.25, -0.2) is 15.0 Å². The summed E-state index contributed by atoms with van der Waals surface area (Å²) in [5.74, 6) is -0.217. The van der Waals surface area contributed by atoms with Crippen LogP contribution in [-0.2, 0) is 9.59 Å². The zero-order chi connectivity index (χ0) is 48.3. The Bertz CT molecular complexity index is 2710. The number of hydrogen-bond donors (Lipinski definition) is 5. The number of unbranched alkanes of at least 4 members (excludes halogenated alkanes) is 5. The summed E-state index contributed by atoms with van der Waals surface area (Å²) in [6.07, 6.45) is 13.3. The van der Waals surface area contributed by atoms with E-state index < -0.39 is 10.8 Å². The van der Waals surface area contributed by atoms with Crippen molar-refractivity contribution in [2.75, 3.05) is 72.0 Å². The van der Waals surface area contributed by atoms with Crippen molar-refractivity contribution >= 4 is 84.8 Å². The molecule has 2 fully saturated rings. The highest BCUT2D eigenvalue weighted by Gasteiger charge is 2.27. The molecule has 1 saturated carbocycles. The SMILES string of the molecule is CC(=O)Nc1cc(NCCCCCCCCNC(=O)CN2CCN(c3ccc(Nc4ncc5c(C)c(C(C)=O)c(=O)n(C6CCCC6)c5n4)nc3)CC2)ccc1C(=O)Nc1nc(C)c([N+](=O)[O-])s1. The molecular formula is C47H59N13O7S. The number of fused-ring (bicyclic) bond motifs is 1. The molecule has 2 aliphatic rings. The maximum Gasteiger partial charge on any atom is 0.348 e. The second kappa shape index (κ2) is 22.8. The van der Waals surface area contributed by atoms with Crippen molar-refractivity contribution in [3.8, 4) is 0 Å². The monoisotopic (exact) mass is 949 g/mol. The van der Waals surface area contributed by atoms with Crippen LogP contribution in [0.15, 0.2) is 47.5 Å². The number of rotatable bonds is 21. The Morgan fingerprint density at radius 1 is 0.868 bits per heavy atom. The molecule has 0 spiro atoms. The van der Waals surface area contributed by atoms with Crippen LogP contribution in [0.2, 0.25) is 0 Å². The van der Waals surface area contributed by atoms with E-state index in [0.29, 0.717) is 53.7 Å². The molecule has 5 N–H and O–H groups in total. The van der Waals surface area contributed by atoms with Gasteiger partial charge in [-0.3, -0.25) is 48.9 Å². The normalized spacial score (nSPS) is 14.2. The number of ketones is 1. The van der Waals surface area contributed by atoms with Crippen LogP contribution in [0.4, 0.5) is 39.0 Å². The Labute approximate surface area is 397 Å². The second-order valence-corrected chi connectivity index (χ2v) is 18.3. The maximum atomic E-state index is 13.6. The molecule has 5 heterocycles. The third-order valence-corrected chi connectivity index (χ3v) is 13.4. The lowest BCUT2D eigenvalue weighted by molar-refractivity contribution is -0.380. The quantitative estimate of drug-likeness (QED) is 0.0212. The Morgan fingerprint density at radius 3 is 2.25 bits per heavy atom. The molecule has 0 atom stereocenters. The average molecular weight is 950 g/mol. The molecule has 20 nitrogen and oxygen atoms in total. The average Bonchev–Trinajstić information content (AvgIpc) is 3.97. The van der Waals surface area contributed by atoms with Crippen LogP contribution >= 0.6 is 11.3 Å². The van der Waals surface area contributed by atoms with Crippen molar-refractivity contribution in [3.05, 3.63) is 85.6 Å². The number of nitrogens with zero attached hydrogens (tertiary/aromatic N) is 8. The van der Waals surface area contributed by atoms with Crippen LogP contribution in [0, 0.1) is 24.0 Å². The summed E-state index contributed by atoms with van der Waals surface area (Å²) < 4.78 is 1.70. The summed E-state index contributed by atoms with van der Waals surface area (Å²) >= 11 is 0.771. The fraction of sp³-hybridized carbons (Fsp3) is 0.468. The maximum absolute atomic E-state index is 13.6. The number of thiazole rings is 1. The highest BCUT2D eigenvalue weighted by molar-refractivity contribution is 7.19. The molecular weight excluding hydrogens is 891 g/mol. The first-order valence-electron chi connectivity index (χ1n) is 23.2. The number of amides is 3. The van der Waals surface area contributed by atoms with E-state index in [-0.39, 0.29) is 56.2 Å². The number of Topliss-reactive ketones (excluding diaryl/α,β-unsaturated/α-hetero) is 1. The summed E-state index contributed by atoms with van der Waals surface area (Å²) in [7, 11) is 0. The zero-order valence-corrected chi connectivity index (χ0v) is 39.8. The van der Waals surface area contributed by atoms with E-state index in [1.807, 2.05) is 18.3 Å². The summed E-state index contributed by atoms with van der Waals surface area (Å²) in [5.41, 5.74) is 3.49. The smallest absolute Gasteiger partial charge is 0.348 e. The van der Waals surface area contributed by atoms with Gasteiger partial charge in [0.25, 0.3) is 11.5 Å². The lowest BCUT2D eigenvalue weighted by Gasteiger charge is -2.35. The summed E-state index contributed by atoms with van der Waals surface area (Å²) in [5, 5.41) is 26.7. The van der Waals surface area contributed by atoms with Gasteiger partial charge in [0.2, 0.25) is 17.8 Å². The largest absolute Gasteiger partial charge is 0.385 e. The Balaban J connectivity index is 0.766. The number of aromatic nitrogens is 5. The van der Waals surface area contributed by atoms with Crippen molar-refractivity contribution in [2.24, 2.45) is 0 Å². The summed E-state index contributed by atoms with van der Waals surface area (Å²) in [6.45, 7) is 10.8. The van der Waals surface area contributed by atoms with Gasteiger partial charge >= 0.3 is 5.00 Å². The molecule has 1 aliphatic carbocycles. The van der Waals surface area contributed by atoms with Gasteiger partial charge in [0.05, 0.1) is 40.2 Å². The number of benzene rings is 1. The fourth-order valence-corrected chi connectivity index (χ4v) is 9.61. The topological polar surface area (TPSA) is 252 Å². The Kier molecular flexibility index (Phi) is 16.4. The third-order valence-electron chi connectivity index (χ3n) is 12.3. The highest BCUT2D eigenvalue weighted by atomic mass is 32.1. The van der Waals surface area contributed by atoms with Crippen LogP contribution in [0.1, 0.15) is 116 Å². The van der Waals surface area contributed by atoms with Crippen molar-refractivity contribution in [1.29, 1.82) is 0 Å². The molecule has 0 bridgehead atoms. The molecule has 0 unspecified atom stereocenters. The highest BCUT2D eigenvalue weighted by Crippen LogP contribution is 2.33. The van der Waals surface area contributed by atoms with E-state index in [4.69, 9.17) is 4.98 Å². The number of piperazine rings is 1. The van der Waals surface area contributed by atoms with E-state index in [9.17, 15) is 34.1 Å². The van der Waals surface area contributed by atoms with Crippen LogP contribution in [0.3, 0.4) is 0 Å². The number of aryl methyl sites for hydroxylation is 2. The molecule has 7 rings (SSSR count). The third kappa shape index (κ3) is 12.4. The molecule has 68 heavy (non-hydrogen) atoms. The number of hydrogen-bond acceptors (Lipinski definition) is 16. The number of carbonyl (C=O) groups is 4. The second-order valence-electron chi connectivity index (χ2n) is 17.4. The summed E-state index contributed by atoms with van der Waals surface area (Å²) in [4.78, 5) is 96.7. The number of anilines is 6. The van der Waals surface area contributed by atoms with E-state index in [2.05, 4.69) is 51.3 Å². The fourth-order valence-electron chi connectivity index (χ4n) is 8.83. The van der Waals surface area contributed by atoms with Gasteiger partial charge in [-0.2, -0.15) is 4.98 Å². The Hall–Kier alpha value is -6.87. The van der Waals surface area contributed by atoms with Gasteiger partial charge < -0.3 is 26.2 Å². The van der Waals surface area contributed by atoms with Gasteiger partial charge in [0, 0.05) is 69.5 Å². The minimum absolute atomic E-state index is 0.00484. The van der Waals surface area contributed by atoms with Crippen LogP contribution in [0.25, 0.3) is 11.0 Å². The first-order valence-corrected chi connectivity index (χ1v) is 24.1. The predicted octanol–water partition coefficient (Wildman–Crippen LogP) is 7.13. The van der Waals surface area contributed by atoms with Crippen LogP contribution in [-0.4, -0.2) is 104 Å². The number of nitrogens with one attached hydrogen (secondary N) is 5. The lowest BCUT2D eigenvalue weighted by Crippen LogP contribution is -2.49. The standard InChI is InChI=1S/C47H59N13O7S/c1-29-37-27-51-46(55-42(37)59(34-13-9-10-14-34)44(65)41(29)31(3)61)54-39-18-16-35(26-50-39)58-23-21-57(22-24-58)28-40(63)49-20-12-8-6-5-7-11-19-48-33-15-17-36(38(25-33)53-32(4)62)43(64)56-47-52-30(2)45(68-47)60(66)67/h15-18,25-27,34,48H,5-14,19-24,28H2,1-4H3,(H,49,63)(H,53,62)(H,52,56,64)(H,50,51,54,55). The van der Waals surface area contributed by atoms with Crippen molar-refractivity contribution in [1.82, 2.24) is 34.7 Å². The molecule has 0 radical (unpaired) electrons. The van der Waals surface area contributed by atoms with Crippen molar-refractivity contribution in [2.45, 2.75) is 97.9 Å². The molecule has 21 heteroatoms. The molecule has 360 valence electrons. The molecule has 1 aliphatic heterocycles. The van der Waals surface area contributed by atoms with Gasteiger partial charge in [-0.1, -0.05) is 38.5 Å². The minimum Gasteiger partial charge on any atom is -0.385 e. The molecule has 4 aromatic heterocycles. The van der Waals surface area contributed by atoms with E-state index in [1.54, 1.807) is 35.9 Å². The number of pyridine rings is 2. The van der Waals surface area contributed by atoms with Crippen molar-refractivity contribution in [3.63, 3.8) is 0 Å². The molecule has 3 amide bonds. The Morgan fingerprint density at radius 2 is 1.59 bits per heavy atom. The lowest BCUT2D eigenvalue weighted by atomic mass is 10.0. The zero-order valence-electron chi connectivity index (χ0n) is 39.0. The molecule has 1 aromatic carbocycles. The molecule has 1 saturated heterocycles.